The van der Waals surface area contributed by atoms with E-state index in [0.717, 1.165) is 0 Å². The largest absolute Gasteiger partial charge is 0.469 e. The summed E-state index contributed by atoms with van der Waals surface area (Å²) in [6.07, 6.45) is 0.294. The van der Waals surface area contributed by atoms with Crippen LogP contribution in [-0.2, 0) is 23.9 Å². The molecule has 0 fully saturated rings. The maximum atomic E-state index is 11.8. The highest BCUT2D eigenvalue weighted by molar-refractivity contribution is 6.59. The van der Waals surface area contributed by atoms with E-state index in [4.69, 9.17) is 0 Å². The van der Waals surface area contributed by atoms with Gasteiger partial charge in [0.25, 0.3) is 5.78 Å². The molecule has 0 radical (unpaired) electrons. The van der Waals surface area contributed by atoms with Crippen molar-refractivity contribution in [1.29, 1.82) is 0 Å². The van der Waals surface area contributed by atoms with Crippen LogP contribution >= 0.6 is 0 Å². The summed E-state index contributed by atoms with van der Waals surface area (Å²) in [5, 5.41) is 0. The van der Waals surface area contributed by atoms with Gasteiger partial charge in [-0.15, -0.1) is 0 Å². The third-order valence-electron chi connectivity index (χ3n) is 3.62. The second kappa shape index (κ2) is 5.21. The number of methoxy groups -OCH3 is 1. The molecule has 0 aromatic rings. The first-order chi connectivity index (χ1) is 7.68. The Morgan fingerprint density at radius 3 is 1.94 bits per heavy atom. The van der Waals surface area contributed by atoms with Gasteiger partial charge in [0, 0.05) is 5.41 Å². The van der Waals surface area contributed by atoms with Crippen molar-refractivity contribution in [1.82, 2.24) is 0 Å². The summed E-state index contributed by atoms with van der Waals surface area (Å²) in [5.41, 5.74) is -2.43. The molecule has 1 atom stereocenters. The Balaban J connectivity index is 5.54. The minimum absolute atomic E-state index is 0.0303. The van der Waals surface area contributed by atoms with Gasteiger partial charge >= 0.3 is 5.97 Å². The van der Waals surface area contributed by atoms with Crippen molar-refractivity contribution >= 4 is 23.8 Å². The first-order valence-electron chi connectivity index (χ1n) is 5.31. The summed E-state index contributed by atoms with van der Waals surface area (Å²) >= 11 is 0. The Hall–Kier alpha value is -1.52. The summed E-state index contributed by atoms with van der Waals surface area (Å²) in [4.78, 5) is 45.1. The summed E-state index contributed by atoms with van der Waals surface area (Å²) in [6, 6.07) is 0. The highest BCUT2D eigenvalue weighted by Gasteiger charge is 2.52. The Bertz CT molecular complexity index is 356. The maximum Gasteiger partial charge on any atom is 0.312 e. The topological polar surface area (TPSA) is 77.5 Å². The summed E-state index contributed by atoms with van der Waals surface area (Å²) < 4.78 is 4.67. The van der Waals surface area contributed by atoms with Crippen LogP contribution in [0.3, 0.4) is 0 Å². The van der Waals surface area contributed by atoms with Gasteiger partial charge in [-0.2, -0.15) is 0 Å². The van der Waals surface area contributed by atoms with E-state index in [1.54, 1.807) is 13.8 Å². The lowest BCUT2D eigenvalue weighted by Gasteiger charge is -2.39. The monoisotopic (exact) mass is 242 g/mol. The van der Waals surface area contributed by atoms with Gasteiger partial charge in [-0.05, 0) is 13.3 Å². The zero-order chi connectivity index (χ0) is 13.9. The molecule has 0 aromatic carbocycles. The maximum absolute atomic E-state index is 11.8. The minimum Gasteiger partial charge on any atom is -0.469 e. The zero-order valence-corrected chi connectivity index (χ0v) is 10.8. The van der Waals surface area contributed by atoms with E-state index in [1.165, 1.54) is 21.0 Å². The zero-order valence-electron chi connectivity index (χ0n) is 10.8. The Morgan fingerprint density at radius 2 is 1.65 bits per heavy atom. The lowest BCUT2D eigenvalue weighted by atomic mass is 9.62. The van der Waals surface area contributed by atoms with E-state index < -0.39 is 28.4 Å². The van der Waals surface area contributed by atoms with Crippen molar-refractivity contribution < 1.29 is 23.9 Å². The number of rotatable bonds is 6. The van der Waals surface area contributed by atoms with Crippen LogP contribution in [0.4, 0.5) is 0 Å². The predicted molar refractivity (Wildman–Crippen MR) is 60.3 cm³/mol. The molecule has 0 aliphatic carbocycles. The van der Waals surface area contributed by atoms with Crippen LogP contribution in [0.15, 0.2) is 0 Å². The van der Waals surface area contributed by atoms with E-state index >= 15 is 0 Å². The van der Waals surface area contributed by atoms with Crippen LogP contribution in [0.2, 0.25) is 0 Å². The lowest BCUT2D eigenvalue weighted by Crippen LogP contribution is -2.49. The Labute approximate surface area is 101 Å². The van der Waals surface area contributed by atoms with Crippen LogP contribution in [0.25, 0.3) is 0 Å². The Kier molecular flexibility index (Phi) is 4.74. The molecule has 0 aliphatic heterocycles. The average Bonchev–Trinajstić information content (AvgIpc) is 2.34. The molecule has 0 saturated heterocycles. The van der Waals surface area contributed by atoms with Crippen molar-refractivity contribution in [2.75, 3.05) is 7.11 Å². The van der Waals surface area contributed by atoms with Gasteiger partial charge in [-0.25, -0.2) is 0 Å². The smallest absolute Gasteiger partial charge is 0.312 e. The molecule has 0 bridgehead atoms. The van der Waals surface area contributed by atoms with Crippen molar-refractivity contribution in [3.63, 3.8) is 0 Å². The van der Waals surface area contributed by atoms with Crippen LogP contribution in [0, 0.1) is 10.8 Å². The number of hydrogen-bond acceptors (Lipinski definition) is 5. The fourth-order valence-corrected chi connectivity index (χ4v) is 1.68. The molecule has 1 unspecified atom stereocenters. The fourth-order valence-electron chi connectivity index (χ4n) is 1.68. The molecule has 0 aromatic heterocycles. The number of ketones is 2. The third kappa shape index (κ3) is 2.43. The van der Waals surface area contributed by atoms with Crippen molar-refractivity contribution in [3.05, 3.63) is 0 Å². The molecule has 5 nitrogen and oxygen atoms in total. The summed E-state index contributed by atoms with van der Waals surface area (Å²) in [5.74, 6) is -2.57. The number of aldehydes is 1. The van der Waals surface area contributed by atoms with Gasteiger partial charge in [-0.1, -0.05) is 20.8 Å². The second-order valence-corrected chi connectivity index (χ2v) is 4.61. The molecule has 17 heavy (non-hydrogen) atoms. The lowest BCUT2D eigenvalue weighted by molar-refractivity contribution is -0.165. The van der Waals surface area contributed by atoms with E-state index in [1.807, 2.05) is 0 Å². The van der Waals surface area contributed by atoms with Gasteiger partial charge in [0.2, 0.25) is 5.78 Å². The quantitative estimate of drug-likeness (QED) is 0.300. The summed E-state index contributed by atoms with van der Waals surface area (Å²) in [7, 11) is 1.22. The van der Waals surface area contributed by atoms with E-state index in [-0.39, 0.29) is 6.29 Å². The molecule has 5 heteroatoms. The first-order valence-corrected chi connectivity index (χ1v) is 5.31. The minimum atomic E-state index is -1.28. The third-order valence-corrected chi connectivity index (χ3v) is 3.62. The first kappa shape index (κ1) is 15.5. The van der Waals surface area contributed by atoms with Gasteiger partial charge in [0.05, 0.1) is 12.5 Å². The van der Waals surface area contributed by atoms with Gasteiger partial charge in [0.15, 0.2) is 6.29 Å². The molecule has 0 saturated carbocycles. The van der Waals surface area contributed by atoms with E-state index in [0.29, 0.717) is 6.42 Å². The molecule has 0 N–H and O–H groups in total. The van der Waals surface area contributed by atoms with Crippen molar-refractivity contribution in [2.24, 2.45) is 10.8 Å². The molecule has 0 rings (SSSR count). The van der Waals surface area contributed by atoms with Crippen LogP contribution in [0.1, 0.15) is 34.1 Å². The number of esters is 1. The second-order valence-electron chi connectivity index (χ2n) is 4.61. The van der Waals surface area contributed by atoms with Gasteiger partial charge < -0.3 is 4.74 Å². The SMILES string of the molecule is CCC(C)(C(=O)OC)C(C)(C)C(=O)C(=O)C=O. The Morgan fingerprint density at radius 1 is 1.18 bits per heavy atom. The molecule has 0 spiro atoms. The number of ether oxygens (including phenoxy) is 1. The van der Waals surface area contributed by atoms with Gasteiger partial charge in [0.1, 0.15) is 0 Å². The fraction of sp³-hybridized carbons (Fsp3) is 0.667. The highest BCUT2D eigenvalue weighted by Crippen LogP contribution is 2.43. The average molecular weight is 242 g/mol. The number of carbonyl (C=O) groups excluding carboxylic acids is 4. The normalized spacial score (nSPS) is 14.6. The van der Waals surface area contributed by atoms with Gasteiger partial charge in [-0.3, -0.25) is 19.2 Å². The van der Waals surface area contributed by atoms with Crippen LogP contribution in [-0.4, -0.2) is 30.9 Å². The molecule has 96 valence electrons. The van der Waals surface area contributed by atoms with E-state index in [9.17, 15) is 19.2 Å². The number of hydrogen-bond donors (Lipinski definition) is 0. The molecular formula is C12H18O5. The van der Waals surface area contributed by atoms with Crippen molar-refractivity contribution in [3.8, 4) is 0 Å². The predicted octanol–water partition coefficient (Wildman–Crippen LogP) is 0.939. The van der Waals surface area contributed by atoms with Crippen LogP contribution < -0.4 is 0 Å². The number of Topliss-reactive ketones (excluding diaryl/α,β-unsaturated/α-hetero) is 2. The standard InChI is InChI=1S/C12H18O5/c1-6-12(4,10(16)17-5)11(2,3)9(15)8(14)7-13/h7H,6H2,1-5H3. The molecule has 0 amide bonds. The molecule has 0 aliphatic rings. The van der Waals surface area contributed by atoms with Crippen molar-refractivity contribution in [2.45, 2.75) is 34.1 Å². The highest BCUT2D eigenvalue weighted by atomic mass is 16.5. The molecule has 0 heterocycles. The molecular weight excluding hydrogens is 224 g/mol. The van der Waals surface area contributed by atoms with E-state index in [2.05, 4.69) is 4.74 Å². The summed E-state index contributed by atoms with van der Waals surface area (Å²) in [6.45, 7) is 6.21. The van der Waals surface area contributed by atoms with Crippen LogP contribution in [0.5, 0.6) is 0 Å². The number of carbonyl (C=O) groups is 4.